The molecule has 15 heavy (non-hydrogen) atoms. The van der Waals surface area contributed by atoms with Gasteiger partial charge in [0.2, 0.25) is 11.8 Å². The molecule has 1 aliphatic carbocycles. The maximum absolute atomic E-state index is 12.1. The molecule has 1 unspecified atom stereocenters. The van der Waals surface area contributed by atoms with Gasteiger partial charge in [-0.25, -0.2) is 0 Å². The van der Waals surface area contributed by atoms with Crippen molar-refractivity contribution in [1.29, 1.82) is 0 Å². The summed E-state index contributed by atoms with van der Waals surface area (Å²) in [6, 6.07) is 0. The quantitative estimate of drug-likeness (QED) is 0.633. The molecule has 2 rings (SSSR count). The summed E-state index contributed by atoms with van der Waals surface area (Å²) in [7, 11) is 0. The number of nitrogens with zero attached hydrogens (tertiary/aromatic N) is 1. The summed E-state index contributed by atoms with van der Waals surface area (Å²) in [6.45, 7) is 2.10. The van der Waals surface area contributed by atoms with Crippen LogP contribution >= 0.6 is 0 Å². The molecule has 80 valence electrons. The first kappa shape index (κ1) is 10.0. The van der Waals surface area contributed by atoms with Crippen LogP contribution in [0.2, 0.25) is 0 Å². The van der Waals surface area contributed by atoms with Crippen molar-refractivity contribution >= 4 is 11.8 Å². The highest BCUT2D eigenvalue weighted by Gasteiger charge is 2.52. The molecule has 2 amide bonds. The third-order valence-electron chi connectivity index (χ3n) is 3.14. The Kier molecular flexibility index (Phi) is 2.18. The Morgan fingerprint density at radius 2 is 2.27 bits per heavy atom. The Morgan fingerprint density at radius 1 is 1.60 bits per heavy atom. The second kappa shape index (κ2) is 3.27. The molecule has 4 nitrogen and oxygen atoms in total. The fourth-order valence-electron chi connectivity index (χ4n) is 2.13. The summed E-state index contributed by atoms with van der Waals surface area (Å²) < 4.78 is 0. The van der Waals surface area contributed by atoms with E-state index in [-0.39, 0.29) is 30.8 Å². The molecule has 4 heteroatoms. The monoisotopic (exact) mass is 206 g/mol. The zero-order valence-electron chi connectivity index (χ0n) is 8.75. The minimum Gasteiger partial charge on any atom is -0.340 e. The van der Waals surface area contributed by atoms with Crippen molar-refractivity contribution in [2.24, 2.45) is 5.92 Å². The topological polar surface area (TPSA) is 49.4 Å². The molecule has 0 radical (unpaired) electrons. The first-order chi connectivity index (χ1) is 7.08. The van der Waals surface area contributed by atoms with Gasteiger partial charge in [-0.3, -0.25) is 9.59 Å². The molecule has 2 aliphatic rings. The lowest BCUT2D eigenvalue weighted by Gasteiger charge is -2.39. The van der Waals surface area contributed by atoms with E-state index in [1.165, 1.54) is 4.90 Å². The molecule has 1 aliphatic heterocycles. The Bertz CT molecular complexity index is 354. The van der Waals surface area contributed by atoms with Gasteiger partial charge in [-0.1, -0.05) is 5.92 Å². The zero-order valence-corrected chi connectivity index (χ0v) is 8.75. The third kappa shape index (κ3) is 1.58. The van der Waals surface area contributed by atoms with E-state index in [2.05, 4.69) is 11.2 Å². The molecule has 0 bridgehead atoms. The molecule has 2 fully saturated rings. The smallest absolute Gasteiger partial charge is 0.249 e. The van der Waals surface area contributed by atoms with Crippen LogP contribution in [0, 0.1) is 18.3 Å². The van der Waals surface area contributed by atoms with E-state index < -0.39 is 5.54 Å². The Balaban J connectivity index is 2.21. The molecule has 0 aromatic heterocycles. The highest BCUT2D eigenvalue weighted by atomic mass is 16.2. The second-order valence-electron chi connectivity index (χ2n) is 4.39. The van der Waals surface area contributed by atoms with E-state index in [4.69, 9.17) is 6.42 Å². The van der Waals surface area contributed by atoms with Crippen molar-refractivity contribution in [3.8, 4) is 12.3 Å². The molecular formula is C11H14N2O2. The van der Waals surface area contributed by atoms with Gasteiger partial charge in [-0.15, -0.1) is 6.42 Å². The number of hydrogen-bond acceptors (Lipinski definition) is 2. The van der Waals surface area contributed by atoms with Gasteiger partial charge in [0, 0.05) is 0 Å². The first-order valence-corrected chi connectivity index (χ1v) is 5.12. The summed E-state index contributed by atoms with van der Waals surface area (Å²) in [4.78, 5) is 25.0. The second-order valence-corrected chi connectivity index (χ2v) is 4.39. The molecule has 1 heterocycles. The van der Waals surface area contributed by atoms with Gasteiger partial charge < -0.3 is 10.2 Å². The van der Waals surface area contributed by atoms with Crippen molar-refractivity contribution in [1.82, 2.24) is 10.2 Å². The minimum atomic E-state index is -0.716. The lowest BCUT2D eigenvalue weighted by Crippen LogP contribution is -2.66. The molecule has 0 aromatic carbocycles. The third-order valence-corrected chi connectivity index (χ3v) is 3.14. The summed E-state index contributed by atoms with van der Waals surface area (Å²) in [6.07, 6.45) is 7.18. The van der Waals surface area contributed by atoms with Crippen LogP contribution in [0.25, 0.3) is 0 Å². The van der Waals surface area contributed by atoms with Crippen LogP contribution in [0.15, 0.2) is 0 Å². The molecule has 1 atom stereocenters. The van der Waals surface area contributed by atoms with Gasteiger partial charge in [0.25, 0.3) is 0 Å². The van der Waals surface area contributed by atoms with Crippen LogP contribution in [-0.2, 0) is 9.59 Å². The number of piperazine rings is 1. The lowest BCUT2D eigenvalue weighted by atomic mass is 9.91. The predicted octanol–water partition coefficient (Wildman–Crippen LogP) is -0.253. The summed E-state index contributed by atoms with van der Waals surface area (Å²) in [5.74, 6) is 2.55. The van der Waals surface area contributed by atoms with Gasteiger partial charge in [0.1, 0.15) is 12.1 Å². The van der Waals surface area contributed by atoms with Crippen LogP contribution < -0.4 is 5.32 Å². The molecule has 1 saturated heterocycles. The number of hydrogen-bond donors (Lipinski definition) is 1. The number of rotatable bonds is 2. The van der Waals surface area contributed by atoms with Crippen molar-refractivity contribution in [2.75, 3.05) is 13.1 Å². The average molecular weight is 206 g/mol. The number of terminal acetylenes is 1. The molecule has 1 saturated carbocycles. The number of amides is 2. The van der Waals surface area contributed by atoms with Gasteiger partial charge in [0.05, 0.1) is 6.54 Å². The number of nitrogens with one attached hydrogen (secondary N) is 1. The van der Waals surface area contributed by atoms with E-state index in [0.29, 0.717) is 0 Å². The summed E-state index contributed by atoms with van der Waals surface area (Å²) in [5.41, 5.74) is -0.716. The fraction of sp³-hybridized carbons (Fsp3) is 0.636. The van der Waals surface area contributed by atoms with E-state index in [9.17, 15) is 9.59 Å². The van der Waals surface area contributed by atoms with E-state index in [0.717, 1.165) is 12.8 Å². The Hall–Kier alpha value is -1.50. The normalized spacial score (nSPS) is 31.1. The zero-order chi connectivity index (χ0) is 11.1. The minimum absolute atomic E-state index is 0.0393. The van der Waals surface area contributed by atoms with Crippen molar-refractivity contribution in [2.45, 2.75) is 25.3 Å². The van der Waals surface area contributed by atoms with Gasteiger partial charge in [0.15, 0.2) is 0 Å². The highest BCUT2D eigenvalue weighted by molar-refractivity contribution is 5.98. The Morgan fingerprint density at radius 3 is 2.80 bits per heavy atom. The van der Waals surface area contributed by atoms with Crippen molar-refractivity contribution in [3.05, 3.63) is 0 Å². The van der Waals surface area contributed by atoms with Gasteiger partial charge in [-0.05, 0) is 25.7 Å². The summed E-state index contributed by atoms with van der Waals surface area (Å²) in [5, 5.41) is 2.79. The standard InChI is InChI=1S/C11H14N2O2/c1-3-6-13-7-9(14)12-11(2,10(13)15)8-4-5-8/h1,8H,4-7H2,2H3,(H,12,14). The van der Waals surface area contributed by atoms with Gasteiger partial charge in [-0.2, -0.15) is 0 Å². The molecule has 0 spiro atoms. The van der Waals surface area contributed by atoms with E-state index >= 15 is 0 Å². The van der Waals surface area contributed by atoms with E-state index in [1.807, 2.05) is 0 Å². The number of carbonyl (C=O) groups is 2. The van der Waals surface area contributed by atoms with Crippen molar-refractivity contribution in [3.63, 3.8) is 0 Å². The fourth-order valence-corrected chi connectivity index (χ4v) is 2.13. The Labute approximate surface area is 89.0 Å². The average Bonchev–Trinajstić information content (AvgIpc) is 2.97. The maximum Gasteiger partial charge on any atom is 0.249 e. The van der Waals surface area contributed by atoms with Crippen LogP contribution in [0.5, 0.6) is 0 Å². The van der Waals surface area contributed by atoms with Crippen LogP contribution in [0.1, 0.15) is 19.8 Å². The maximum atomic E-state index is 12.1. The van der Waals surface area contributed by atoms with Crippen LogP contribution in [-0.4, -0.2) is 35.3 Å². The van der Waals surface area contributed by atoms with Gasteiger partial charge >= 0.3 is 0 Å². The van der Waals surface area contributed by atoms with Crippen LogP contribution in [0.4, 0.5) is 0 Å². The molecule has 1 N–H and O–H groups in total. The first-order valence-electron chi connectivity index (χ1n) is 5.12. The van der Waals surface area contributed by atoms with E-state index in [1.54, 1.807) is 6.92 Å². The summed E-state index contributed by atoms with van der Waals surface area (Å²) >= 11 is 0. The largest absolute Gasteiger partial charge is 0.340 e. The van der Waals surface area contributed by atoms with Crippen molar-refractivity contribution < 1.29 is 9.59 Å². The number of carbonyl (C=O) groups excluding carboxylic acids is 2. The SMILES string of the molecule is C#CCN1CC(=O)NC(C)(C2CC2)C1=O. The highest BCUT2D eigenvalue weighted by Crippen LogP contribution is 2.41. The predicted molar refractivity (Wildman–Crippen MR) is 54.7 cm³/mol. The van der Waals surface area contributed by atoms with Crippen LogP contribution in [0.3, 0.4) is 0 Å². The molecule has 0 aromatic rings. The molecular weight excluding hydrogens is 192 g/mol. The lowest BCUT2D eigenvalue weighted by molar-refractivity contribution is -0.149.